The van der Waals surface area contributed by atoms with Gasteiger partial charge in [0.15, 0.2) is 6.10 Å². The minimum absolute atomic E-state index is 0.170. The summed E-state index contributed by atoms with van der Waals surface area (Å²) in [4.78, 5) is 46.2. The zero-order valence-electron chi connectivity index (χ0n) is 41.0. The van der Waals surface area contributed by atoms with Crippen molar-refractivity contribution < 1.29 is 47.5 Å². The molecule has 0 heterocycles. The van der Waals surface area contributed by atoms with Crippen LogP contribution in [0.15, 0.2) is 0 Å². The number of carboxylic acid groups (broad SMARTS) is 1. The van der Waals surface area contributed by atoms with Gasteiger partial charge in [-0.2, -0.15) is 0 Å². The fourth-order valence-corrected chi connectivity index (χ4v) is 8.73. The van der Waals surface area contributed by atoms with Crippen molar-refractivity contribution in [1.82, 2.24) is 0 Å². The minimum atomic E-state index is -4.71. The van der Waals surface area contributed by atoms with Crippen molar-refractivity contribution in [2.45, 2.75) is 289 Å². The predicted octanol–water partition coefficient (Wildman–Crippen LogP) is 15.0. The van der Waals surface area contributed by atoms with Gasteiger partial charge in [-0.15, -0.1) is 0 Å². The molecule has 0 amide bonds. The van der Waals surface area contributed by atoms with Crippen LogP contribution in [0, 0.1) is 0 Å². The van der Waals surface area contributed by atoms with Gasteiger partial charge in [0.1, 0.15) is 12.6 Å². The molecule has 374 valence electrons. The Kier molecular flexibility index (Phi) is 45.9. The van der Waals surface area contributed by atoms with Crippen LogP contribution in [0.4, 0.5) is 0 Å². The fourth-order valence-electron chi connectivity index (χ4n) is 7.95. The van der Waals surface area contributed by atoms with E-state index in [0.29, 0.717) is 12.8 Å². The molecule has 63 heavy (non-hydrogen) atoms. The molecule has 0 aromatic rings. The van der Waals surface area contributed by atoms with Crippen LogP contribution in [0.2, 0.25) is 0 Å². The van der Waals surface area contributed by atoms with Crippen molar-refractivity contribution in [3.05, 3.63) is 0 Å². The number of rotatable bonds is 51. The number of phosphoric acid groups is 1. The van der Waals surface area contributed by atoms with Gasteiger partial charge in [-0.25, -0.2) is 4.57 Å². The highest BCUT2D eigenvalue weighted by Gasteiger charge is 2.28. The summed E-state index contributed by atoms with van der Waals surface area (Å²) >= 11 is 0. The Labute approximate surface area is 386 Å². The molecule has 0 saturated carbocycles. The van der Waals surface area contributed by atoms with E-state index in [9.17, 15) is 23.8 Å². The third-order valence-corrected chi connectivity index (χ3v) is 13.1. The van der Waals surface area contributed by atoms with Gasteiger partial charge in [-0.1, -0.05) is 251 Å². The Morgan fingerprint density at radius 2 is 0.698 bits per heavy atom. The molecular weight excluding hydrogens is 818 g/mol. The van der Waals surface area contributed by atoms with Gasteiger partial charge >= 0.3 is 25.7 Å². The van der Waals surface area contributed by atoms with Gasteiger partial charge in [-0.05, 0) is 12.8 Å². The van der Waals surface area contributed by atoms with Crippen LogP contribution in [0.5, 0.6) is 0 Å². The maximum atomic E-state index is 12.7. The Balaban J connectivity index is 4.15. The summed E-state index contributed by atoms with van der Waals surface area (Å²) in [5.74, 6) is -2.35. The number of carbonyl (C=O) groups is 3. The number of ether oxygens (including phenoxy) is 2. The van der Waals surface area contributed by atoms with Crippen molar-refractivity contribution in [2.75, 3.05) is 19.8 Å². The van der Waals surface area contributed by atoms with Crippen molar-refractivity contribution in [3.8, 4) is 0 Å². The molecule has 0 aliphatic heterocycles. The Bertz CT molecular complexity index is 1080. The van der Waals surface area contributed by atoms with Crippen LogP contribution >= 0.6 is 7.82 Å². The zero-order valence-corrected chi connectivity index (χ0v) is 41.8. The van der Waals surface area contributed by atoms with Crippen molar-refractivity contribution in [1.29, 1.82) is 0 Å². The molecule has 0 saturated heterocycles. The summed E-state index contributed by atoms with van der Waals surface area (Å²) in [6.45, 7) is 2.87. The molecule has 0 aromatic heterocycles. The summed E-state index contributed by atoms with van der Waals surface area (Å²) in [6.07, 6.45) is 48.8. The number of carbonyl (C=O) groups excluding carboxylic acids is 2. The summed E-state index contributed by atoms with van der Waals surface area (Å²) in [7, 11) is -4.71. The molecule has 0 rings (SSSR count). The molecule has 1 unspecified atom stereocenters. The normalized spacial score (nSPS) is 13.5. The van der Waals surface area contributed by atoms with Crippen LogP contribution in [0.1, 0.15) is 277 Å². The smallest absolute Gasteiger partial charge is 0.472 e. The monoisotopic (exact) mass is 918 g/mol. The summed E-state index contributed by atoms with van der Waals surface area (Å²) in [6, 6.07) is -1.52. The molecule has 4 N–H and O–H groups in total. The molecule has 0 bridgehead atoms. The topological polar surface area (TPSA) is 172 Å². The third kappa shape index (κ3) is 46.8. The molecule has 0 spiro atoms. The van der Waals surface area contributed by atoms with Gasteiger partial charge < -0.3 is 25.2 Å². The summed E-state index contributed by atoms with van der Waals surface area (Å²) in [5, 5.41) is 8.92. The molecule has 11 nitrogen and oxygen atoms in total. The predicted molar refractivity (Wildman–Crippen MR) is 259 cm³/mol. The van der Waals surface area contributed by atoms with Crippen molar-refractivity contribution >= 4 is 25.7 Å². The molecule has 0 fully saturated rings. The highest BCUT2D eigenvalue weighted by Crippen LogP contribution is 2.43. The maximum Gasteiger partial charge on any atom is 0.472 e. The number of hydrogen-bond donors (Lipinski definition) is 3. The maximum absolute atomic E-state index is 12.7. The largest absolute Gasteiger partial charge is 0.480 e. The second-order valence-electron chi connectivity index (χ2n) is 18.4. The van der Waals surface area contributed by atoms with Gasteiger partial charge in [-0.3, -0.25) is 23.4 Å². The van der Waals surface area contributed by atoms with E-state index in [1.54, 1.807) is 0 Å². The van der Waals surface area contributed by atoms with Crippen LogP contribution in [0.25, 0.3) is 0 Å². The lowest BCUT2D eigenvalue weighted by Gasteiger charge is -2.20. The minimum Gasteiger partial charge on any atom is -0.480 e. The lowest BCUT2D eigenvalue weighted by molar-refractivity contribution is -0.161. The van der Waals surface area contributed by atoms with Crippen LogP contribution in [-0.4, -0.2) is 59.9 Å². The number of aliphatic carboxylic acids is 1. The number of phosphoric ester groups is 1. The first kappa shape index (κ1) is 61.5. The molecule has 0 aromatic carbocycles. The highest BCUT2D eigenvalue weighted by molar-refractivity contribution is 7.47. The van der Waals surface area contributed by atoms with Gasteiger partial charge in [0, 0.05) is 12.8 Å². The average molecular weight is 918 g/mol. The first-order valence-electron chi connectivity index (χ1n) is 26.6. The molecule has 0 aliphatic carbocycles. The summed E-state index contributed by atoms with van der Waals surface area (Å²) < 4.78 is 32.9. The number of unbranched alkanes of at least 4 members (excludes halogenated alkanes) is 37. The standard InChI is InChI=1S/C51H100NO10P/c1-3-5-7-9-11-13-15-17-19-21-22-23-24-25-26-27-29-31-33-35-37-39-41-43-50(54)62-47(45-60-63(57,58)61-46-48(52)51(55)56)44-59-49(53)42-40-38-36-34-32-30-28-20-18-16-14-12-10-8-6-4-2/h47-48H,3-46,52H2,1-2H3,(H,55,56)(H,57,58)/t47-,48-/m0/s1. The molecule has 3 atom stereocenters. The number of carboxylic acids is 1. The van der Waals surface area contributed by atoms with E-state index in [1.165, 1.54) is 199 Å². The highest BCUT2D eigenvalue weighted by atomic mass is 31.2. The van der Waals surface area contributed by atoms with Crippen LogP contribution in [-0.2, 0) is 37.5 Å². The van der Waals surface area contributed by atoms with Gasteiger partial charge in [0.05, 0.1) is 13.2 Å². The van der Waals surface area contributed by atoms with Crippen LogP contribution < -0.4 is 5.73 Å². The lowest BCUT2D eigenvalue weighted by Crippen LogP contribution is -2.34. The van der Waals surface area contributed by atoms with E-state index >= 15 is 0 Å². The first-order chi connectivity index (χ1) is 30.6. The van der Waals surface area contributed by atoms with Gasteiger partial charge in [0.25, 0.3) is 0 Å². The molecular formula is C51H100NO10P. The van der Waals surface area contributed by atoms with Crippen molar-refractivity contribution in [3.63, 3.8) is 0 Å². The number of hydrogen-bond acceptors (Lipinski definition) is 9. The molecule has 12 heteroatoms. The Hall–Kier alpha value is -1.52. The zero-order chi connectivity index (χ0) is 46.3. The second kappa shape index (κ2) is 47.0. The van der Waals surface area contributed by atoms with E-state index in [2.05, 4.69) is 18.4 Å². The van der Waals surface area contributed by atoms with E-state index in [0.717, 1.165) is 38.5 Å². The third-order valence-electron chi connectivity index (χ3n) is 12.1. The van der Waals surface area contributed by atoms with E-state index in [4.69, 9.17) is 24.8 Å². The number of esters is 2. The first-order valence-corrected chi connectivity index (χ1v) is 28.1. The molecule has 0 radical (unpaired) electrons. The quantitative estimate of drug-likeness (QED) is 0.0301. The Morgan fingerprint density at radius 1 is 0.429 bits per heavy atom. The van der Waals surface area contributed by atoms with Gasteiger partial charge in [0.2, 0.25) is 0 Å². The number of nitrogens with two attached hydrogens (primary N) is 1. The average Bonchev–Trinajstić information content (AvgIpc) is 3.26. The fraction of sp³-hybridized carbons (Fsp3) is 0.941. The lowest BCUT2D eigenvalue weighted by atomic mass is 10.0. The Morgan fingerprint density at radius 3 is 1.00 bits per heavy atom. The van der Waals surface area contributed by atoms with E-state index < -0.39 is 51.1 Å². The second-order valence-corrected chi connectivity index (χ2v) is 19.8. The van der Waals surface area contributed by atoms with Crippen LogP contribution in [0.3, 0.4) is 0 Å². The summed E-state index contributed by atoms with van der Waals surface area (Å²) in [5.41, 5.74) is 5.36. The van der Waals surface area contributed by atoms with E-state index in [1.807, 2.05) is 0 Å². The van der Waals surface area contributed by atoms with E-state index in [-0.39, 0.29) is 19.4 Å². The molecule has 0 aliphatic rings. The SMILES string of the molecule is CCCCCCCCCCCCCCCCCCCCCCCCCC(=O)O[C@@H](COC(=O)CCCCCCCCCCCCCCCCCC)COP(=O)(O)OC[C@H](N)C(=O)O. The van der Waals surface area contributed by atoms with Crippen molar-refractivity contribution in [2.24, 2.45) is 5.73 Å².